The molecule has 0 bridgehead atoms. The minimum absolute atomic E-state index is 0.0113. The Labute approximate surface area is 140 Å². The van der Waals surface area contributed by atoms with Crippen molar-refractivity contribution in [1.29, 1.82) is 0 Å². The van der Waals surface area contributed by atoms with Gasteiger partial charge in [0.2, 0.25) is 5.91 Å². The summed E-state index contributed by atoms with van der Waals surface area (Å²) >= 11 is 0. The molecule has 1 aromatic carbocycles. The highest BCUT2D eigenvalue weighted by molar-refractivity contribution is 5.93. The van der Waals surface area contributed by atoms with E-state index in [2.05, 4.69) is 10.4 Å². The number of carboxylic acids is 1. The number of carbonyl (C=O) groups is 2. The molecule has 1 aliphatic rings. The van der Waals surface area contributed by atoms with E-state index in [4.69, 9.17) is 5.11 Å². The summed E-state index contributed by atoms with van der Waals surface area (Å²) in [5.74, 6) is -0.869. The van der Waals surface area contributed by atoms with Crippen LogP contribution in [0.5, 0.6) is 0 Å². The fourth-order valence-corrected chi connectivity index (χ4v) is 3.17. The van der Waals surface area contributed by atoms with E-state index in [1.54, 1.807) is 0 Å². The van der Waals surface area contributed by atoms with E-state index in [9.17, 15) is 9.59 Å². The van der Waals surface area contributed by atoms with Gasteiger partial charge in [-0.15, -0.1) is 0 Å². The molecule has 0 saturated carbocycles. The SMILES string of the molecule is Cn1ncc2c1CC(C(=O)Nc1cccc(CCC(=O)O)c1)CC2. The van der Waals surface area contributed by atoms with E-state index in [-0.39, 0.29) is 18.2 Å². The molecule has 2 N–H and O–H groups in total. The summed E-state index contributed by atoms with van der Waals surface area (Å²) in [5, 5.41) is 16.0. The number of hydrogen-bond donors (Lipinski definition) is 2. The van der Waals surface area contributed by atoms with Crippen molar-refractivity contribution in [3.63, 3.8) is 0 Å². The maximum atomic E-state index is 12.6. The van der Waals surface area contributed by atoms with Gasteiger partial charge in [0.25, 0.3) is 0 Å². The van der Waals surface area contributed by atoms with Gasteiger partial charge in [-0.1, -0.05) is 12.1 Å². The molecule has 0 radical (unpaired) electrons. The third-order valence-electron chi connectivity index (χ3n) is 4.54. The molecular weight excluding hydrogens is 306 g/mol. The van der Waals surface area contributed by atoms with Gasteiger partial charge in [0.05, 0.1) is 6.20 Å². The number of amides is 1. The van der Waals surface area contributed by atoms with Crippen molar-refractivity contribution < 1.29 is 14.7 Å². The summed E-state index contributed by atoms with van der Waals surface area (Å²) in [5.41, 5.74) is 4.00. The number of carboxylic acid groups (broad SMARTS) is 1. The van der Waals surface area contributed by atoms with Gasteiger partial charge in [-0.25, -0.2) is 0 Å². The fourth-order valence-electron chi connectivity index (χ4n) is 3.17. The minimum atomic E-state index is -0.821. The van der Waals surface area contributed by atoms with Gasteiger partial charge < -0.3 is 10.4 Å². The number of nitrogens with one attached hydrogen (secondary N) is 1. The van der Waals surface area contributed by atoms with E-state index in [1.807, 2.05) is 42.2 Å². The van der Waals surface area contributed by atoms with Crippen LogP contribution in [-0.4, -0.2) is 26.8 Å². The van der Waals surface area contributed by atoms with E-state index >= 15 is 0 Å². The molecule has 1 amide bonds. The molecule has 0 spiro atoms. The number of rotatable bonds is 5. The molecule has 1 aromatic heterocycles. The number of nitrogens with zero attached hydrogens (tertiary/aromatic N) is 2. The highest BCUT2D eigenvalue weighted by Gasteiger charge is 2.27. The van der Waals surface area contributed by atoms with Crippen molar-refractivity contribution in [2.75, 3.05) is 5.32 Å². The van der Waals surface area contributed by atoms with Crippen LogP contribution in [0.1, 0.15) is 29.7 Å². The first-order valence-corrected chi connectivity index (χ1v) is 8.14. The summed E-state index contributed by atoms with van der Waals surface area (Å²) in [6.07, 6.45) is 4.83. The Morgan fingerprint density at radius 2 is 2.25 bits per heavy atom. The smallest absolute Gasteiger partial charge is 0.303 e. The molecular formula is C18H21N3O3. The Hall–Kier alpha value is -2.63. The van der Waals surface area contributed by atoms with Gasteiger partial charge in [-0.3, -0.25) is 14.3 Å². The van der Waals surface area contributed by atoms with Crippen LogP contribution in [0, 0.1) is 5.92 Å². The fraction of sp³-hybridized carbons (Fsp3) is 0.389. The zero-order valence-corrected chi connectivity index (χ0v) is 13.7. The molecule has 0 saturated heterocycles. The van der Waals surface area contributed by atoms with E-state index < -0.39 is 5.97 Å². The Morgan fingerprint density at radius 3 is 3.04 bits per heavy atom. The van der Waals surface area contributed by atoms with E-state index in [0.717, 1.165) is 29.8 Å². The highest BCUT2D eigenvalue weighted by Crippen LogP contribution is 2.26. The third kappa shape index (κ3) is 3.64. The van der Waals surface area contributed by atoms with Crippen LogP contribution in [0.3, 0.4) is 0 Å². The van der Waals surface area contributed by atoms with Gasteiger partial charge in [0.15, 0.2) is 0 Å². The van der Waals surface area contributed by atoms with Crippen LogP contribution in [0.15, 0.2) is 30.5 Å². The Balaban J connectivity index is 1.64. The van der Waals surface area contributed by atoms with Gasteiger partial charge in [0, 0.05) is 37.2 Å². The molecule has 1 atom stereocenters. The quantitative estimate of drug-likeness (QED) is 0.881. The van der Waals surface area contributed by atoms with E-state index in [0.29, 0.717) is 12.8 Å². The molecule has 1 unspecified atom stereocenters. The monoisotopic (exact) mass is 327 g/mol. The van der Waals surface area contributed by atoms with Crippen LogP contribution >= 0.6 is 0 Å². The van der Waals surface area contributed by atoms with Gasteiger partial charge in [-0.2, -0.15) is 5.10 Å². The predicted octanol–water partition coefficient (Wildman–Crippen LogP) is 2.18. The second kappa shape index (κ2) is 6.86. The second-order valence-corrected chi connectivity index (χ2v) is 6.26. The normalized spacial score (nSPS) is 16.5. The maximum Gasteiger partial charge on any atom is 0.303 e. The standard InChI is InChI=1S/C18H21N3O3/c1-21-16-10-13(6-7-14(16)11-19-21)18(24)20-15-4-2-3-12(9-15)5-8-17(22)23/h2-4,9,11,13H,5-8,10H2,1H3,(H,20,24)(H,22,23). The Bertz CT molecular complexity index is 767. The third-order valence-corrected chi connectivity index (χ3v) is 4.54. The van der Waals surface area contributed by atoms with Gasteiger partial charge in [-0.05, 0) is 42.5 Å². The number of fused-ring (bicyclic) bond motifs is 1. The number of aliphatic carboxylic acids is 1. The van der Waals surface area contributed by atoms with Crippen LogP contribution in [0.2, 0.25) is 0 Å². The van der Waals surface area contributed by atoms with Gasteiger partial charge in [0.1, 0.15) is 0 Å². The summed E-state index contributed by atoms with van der Waals surface area (Å²) < 4.78 is 1.85. The number of anilines is 1. The van der Waals surface area contributed by atoms with Crippen LogP contribution in [-0.2, 0) is 35.9 Å². The molecule has 6 nitrogen and oxygen atoms in total. The van der Waals surface area contributed by atoms with Crippen molar-refractivity contribution in [3.05, 3.63) is 47.3 Å². The van der Waals surface area contributed by atoms with Crippen LogP contribution in [0.4, 0.5) is 5.69 Å². The summed E-state index contributed by atoms with van der Waals surface area (Å²) in [6, 6.07) is 7.40. The lowest BCUT2D eigenvalue weighted by Crippen LogP contribution is -2.28. The first kappa shape index (κ1) is 16.2. The lowest BCUT2D eigenvalue weighted by atomic mass is 9.87. The molecule has 0 aliphatic heterocycles. The molecule has 0 fully saturated rings. The molecule has 24 heavy (non-hydrogen) atoms. The summed E-state index contributed by atoms with van der Waals surface area (Å²) in [6.45, 7) is 0. The Kier molecular flexibility index (Phi) is 4.64. The van der Waals surface area contributed by atoms with Crippen molar-refractivity contribution >= 4 is 17.6 Å². The first-order valence-electron chi connectivity index (χ1n) is 8.14. The van der Waals surface area contributed by atoms with Crippen molar-refractivity contribution in [2.24, 2.45) is 13.0 Å². The molecule has 126 valence electrons. The molecule has 1 heterocycles. The van der Waals surface area contributed by atoms with Crippen LogP contribution in [0.25, 0.3) is 0 Å². The van der Waals surface area contributed by atoms with Crippen molar-refractivity contribution in [1.82, 2.24) is 9.78 Å². The maximum absolute atomic E-state index is 12.6. The largest absolute Gasteiger partial charge is 0.481 e. The summed E-state index contributed by atoms with van der Waals surface area (Å²) in [7, 11) is 1.91. The van der Waals surface area contributed by atoms with Crippen molar-refractivity contribution in [3.8, 4) is 0 Å². The zero-order valence-electron chi connectivity index (χ0n) is 13.7. The predicted molar refractivity (Wildman–Crippen MR) is 89.8 cm³/mol. The highest BCUT2D eigenvalue weighted by atomic mass is 16.4. The topological polar surface area (TPSA) is 84.2 Å². The number of benzene rings is 1. The molecule has 2 aromatic rings. The zero-order chi connectivity index (χ0) is 17.1. The first-order chi connectivity index (χ1) is 11.5. The molecule has 1 aliphatic carbocycles. The average molecular weight is 327 g/mol. The average Bonchev–Trinajstić information content (AvgIpc) is 2.94. The lowest BCUT2D eigenvalue weighted by molar-refractivity contribution is -0.137. The minimum Gasteiger partial charge on any atom is -0.481 e. The lowest BCUT2D eigenvalue weighted by Gasteiger charge is -2.22. The number of aryl methyl sites for hydroxylation is 3. The Morgan fingerprint density at radius 1 is 1.42 bits per heavy atom. The van der Waals surface area contributed by atoms with E-state index in [1.165, 1.54) is 5.56 Å². The van der Waals surface area contributed by atoms with Crippen molar-refractivity contribution in [2.45, 2.75) is 32.1 Å². The number of carbonyl (C=O) groups excluding carboxylic acids is 1. The number of aromatic nitrogens is 2. The molecule has 6 heteroatoms. The number of hydrogen-bond acceptors (Lipinski definition) is 3. The molecule has 3 rings (SSSR count). The van der Waals surface area contributed by atoms with Gasteiger partial charge >= 0.3 is 5.97 Å². The summed E-state index contributed by atoms with van der Waals surface area (Å²) in [4.78, 5) is 23.2. The van der Waals surface area contributed by atoms with Crippen LogP contribution < -0.4 is 5.32 Å². The second-order valence-electron chi connectivity index (χ2n) is 6.26.